The Hall–Kier alpha value is -0.590. The largest absolute Gasteiger partial charge is 0.506 e. The minimum Gasteiger partial charge on any atom is -0.506 e. The number of phenolic OH excluding ortho intramolecular Hbond substituents is 1. The smallest absolute Gasteiger partial charge is 0.233 e. The van der Waals surface area contributed by atoms with Crippen LogP contribution in [0.4, 0.5) is 0 Å². The van der Waals surface area contributed by atoms with Crippen molar-refractivity contribution in [2.24, 2.45) is 0 Å². The summed E-state index contributed by atoms with van der Waals surface area (Å²) in [4.78, 5) is 11.2. The number of halogens is 2. The van der Waals surface area contributed by atoms with E-state index >= 15 is 0 Å². The summed E-state index contributed by atoms with van der Waals surface area (Å²) < 4.78 is 1.25. The number of hydrogen-bond acceptors (Lipinski definition) is 3. The summed E-state index contributed by atoms with van der Waals surface area (Å²) in [6, 6.07) is 3.62. The van der Waals surface area contributed by atoms with Gasteiger partial charge in [0.1, 0.15) is 5.75 Å². The maximum atomic E-state index is 11.2. The standard InChI is InChI=1S/C11H14Br2N2O2/c1-2-15-10(16)6-14-5-7-3-8(12)11(17)9(13)4-7/h3-4,14,17H,2,5-6H2,1H3,(H,15,16). The van der Waals surface area contributed by atoms with Gasteiger partial charge in [-0.05, 0) is 56.5 Å². The molecule has 0 fully saturated rings. The number of hydrogen-bond donors (Lipinski definition) is 3. The van der Waals surface area contributed by atoms with Crippen LogP contribution >= 0.6 is 31.9 Å². The van der Waals surface area contributed by atoms with Gasteiger partial charge in [0, 0.05) is 13.1 Å². The van der Waals surface area contributed by atoms with Gasteiger partial charge in [0.2, 0.25) is 5.91 Å². The molecule has 0 atom stereocenters. The fourth-order valence-corrected chi connectivity index (χ4v) is 2.58. The Labute approximate surface area is 117 Å². The highest BCUT2D eigenvalue weighted by molar-refractivity contribution is 9.11. The van der Waals surface area contributed by atoms with Crippen LogP contribution in [0.25, 0.3) is 0 Å². The van der Waals surface area contributed by atoms with Crippen molar-refractivity contribution in [3.05, 3.63) is 26.6 Å². The van der Waals surface area contributed by atoms with E-state index in [4.69, 9.17) is 0 Å². The van der Waals surface area contributed by atoms with E-state index in [0.29, 0.717) is 22.0 Å². The third-order valence-electron chi connectivity index (χ3n) is 2.07. The number of likely N-dealkylation sites (N-methyl/N-ethyl adjacent to an activating group) is 1. The molecule has 4 nitrogen and oxygen atoms in total. The molecule has 6 heteroatoms. The SMILES string of the molecule is CCNC(=O)CNCc1cc(Br)c(O)c(Br)c1. The lowest BCUT2D eigenvalue weighted by Crippen LogP contribution is -2.33. The average molecular weight is 366 g/mol. The van der Waals surface area contributed by atoms with Crippen molar-refractivity contribution in [3.63, 3.8) is 0 Å². The Morgan fingerprint density at radius 3 is 2.47 bits per heavy atom. The van der Waals surface area contributed by atoms with Gasteiger partial charge >= 0.3 is 0 Å². The molecule has 1 rings (SSSR count). The summed E-state index contributed by atoms with van der Waals surface area (Å²) >= 11 is 6.51. The van der Waals surface area contributed by atoms with Gasteiger partial charge < -0.3 is 15.7 Å². The summed E-state index contributed by atoms with van der Waals surface area (Å²) in [5.41, 5.74) is 0.978. The number of carbonyl (C=O) groups is 1. The van der Waals surface area contributed by atoms with E-state index in [2.05, 4.69) is 42.5 Å². The van der Waals surface area contributed by atoms with Crippen LogP contribution in [0.1, 0.15) is 12.5 Å². The van der Waals surface area contributed by atoms with Gasteiger partial charge in [-0.15, -0.1) is 0 Å². The van der Waals surface area contributed by atoms with Gasteiger partial charge in [0.05, 0.1) is 15.5 Å². The predicted octanol–water partition coefficient (Wildman–Crippen LogP) is 2.14. The first kappa shape index (κ1) is 14.5. The predicted molar refractivity (Wildman–Crippen MR) is 73.9 cm³/mol. The number of carbonyl (C=O) groups excluding carboxylic acids is 1. The Morgan fingerprint density at radius 2 is 1.94 bits per heavy atom. The Bertz CT molecular complexity index is 387. The number of amides is 1. The Balaban J connectivity index is 2.50. The molecule has 0 unspecified atom stereocenters. The first-order chi connectivity index (χ1) is 8.04. The van der Waals surface area contributed by atoms with E-state index < -0.39 is 0 Å². The van der Waals surface area contributed by atoms with Crippen LogP contribution in [-0.4, -0.2) is 24.1 Å². The highest BCUT2D eigenvalue weighted by Crippen LogP contribution is 2.33. The van der Waals surface area contributed by atoms with Crippen molar-refractivity contribution in [3.8, 4) is 5.75 Å². The minimum absolute atomic E-state index is 0.0237. The number of benzene rings is 1. The molecule has 17 heavy (non-hydrogen) atoms. The lowest BCUT2D eigenvalue weighted by atomic mass is 10.2. The summed E-state index contributed by atoms with van der Waals surface area (Å²) in [5.74, 6) is 0.155. The number of nitrogens with one attached hydrogen (secondary N) is 2. The van der Waals surface area contributed by atoms with Gasteiger partial charge in [0.15, 0.2) is 0 Å². The topological polar surface area (TPSA) is 61.4 Å². The van der Waals surface area contributed by atoms with Gasteiger partial charge in [-0.1, -0.05) is 0 Å². The van der Waals surface area contributed by atoms with E-state index in [1.165, 1.54) is 0 Å². The van der Waals surface area contributed by atoms with Gasteiger partial charge in [0.25, 0.3) is 0 Å². The van der Waals surface area contributed by atoms with Gasteiger partial charge in [-0.25, -0.2) is 0 Å². The van der Waals surface area contributed by atoms with E-state index in [9.17, 15) is 9.90 Å². The molecule has 0 radical (unpaired) electrons. The molecule has 0 saturated carbocycles. The number of aromatic hydroxyl groups is 1. The summed E-state index contributed by atoms with van der Waals surface area (Å²) in [5, 5.41) is 15.3. The van der Waals surface area contributed by atoms with Crippen LogP contribution in [0.2, 0.25) is 0 Å². The van der Waals surface area contributed by atoms with Crippen molar-refractivity contribution < 1.29 is 9.90 Å². The van der Waals surface area contributed by atoms with Gasteiger partial charge in [-0.3, -0.25) is 4.79 Å². The third-order valence-corrected chi connectivity index (χ3v) is 3.27. The first-order valence-electron chi connectivity index (χ1n) is 5.19. The molecule has 1 aromatic carbocycles. The molecule has 0 saturated heterocycles. The fraction of sp³-hybridized carbons (Fsp3) is 0.364. The fourth-order valence-electron chi connectivity index (χ4n) is 1.30. The van der Waals surface area contributed by atoms with Crippen LogP contribution < -0.4 is 10.6 Å². The monoisotopic (exact) mass is 364 g/mol. The molecule has 1 amide bonds. The average Bonchev–Trinajstić information content (AvgIpc) is 2.26. The first-order valence-corrected chi connectivity index (χ1v) is 6.77. The molecule has 0 aliphatic rings. The van der Waals surface area contributed by atoms with Crippen molar-refractivity contribution >= 4 is 37.8 Å². The van der Waals surface area contributed by atoms with Crippen molar-refractivity contribution in [2.75, 3.05) is 13.1 Å². The summed E-state index contributed by atoms with van der Waals surface area (Å²) in [6.07, 6.45) is 0. The zero-order valence-electron chi connectivity index (χ0n) is 9.39. The molecule has 0 aromatic heterocycles. The Kier molecular flexibility index (Phi) is 5.94. The van der Waals surface area contributed by atoms with E-state index in [-0.39, 0.29) is 18.2 Å². The molecule has 0 bridgehead atoms. The van der Waals surface area contributed by atoms with E-state index in [0.717, 1.165) is 5.56 Å². The van der Waals surface area contributed by atoms with Crippen LogP contribution in [-0.2, 0) is 11.3 Å². The van der Waals surface area contributed by atoms with E-state index in [1.54, 1.807) is 0 Å². The molecule has 0 aliphatic carbocycles. The molecule has 1 aromatic rings. The van der Waals surface area contributed by atoms with Crippen LogP contribution in [0, 0.1) is 0 Å². The second-order valence-corrected chi connectivity index (χ2v) is 5.17. The number of rotatable bonds is 5. The maximum Gasteiger partial charge on any atom is 0.233 e. The number of phenols is 1. The summed E-state index contributed by atoms with van der Waals surface area (Å²) in [7, 11) is 0. The molecule has 0 heterocycles. The van der Waals surface area contributed by atoms with Crippen LogP contribution in [0.15, 0.2) is 21.1 Å². The lowest BCUT2D eigenvalue weighted by molar-refractivity contribution is -0.120. The zero-order chi connectivity index (χ0) is 12.8. The maximum absolute atomic E-state index is 11.2. The normalized spacial score (nSPS) is 10.3. The van der Waals surface area contributed by atoms with Crippen molar-refractivity contribution in [2.45, 2.75) is 13.5 Å². The third kappa shape index (κ3) is 4.65. The van der Waals surface area contributed by atoms with Crippen LogP contribution in [0.3, 0.4) is 0 Å². The highest BCUT2D eigenvalue weighted by Gasteiger charge is 2.06. The van der Waals surface area contributed by atoms with Gasteiger partial charge in [-0.2, -0.15) is 0 Å². The molecular formula is C11H14Br2N2O2. The highest BCUT2D eigenvalue weighted by atomic mass is 79.9. The molecule has 0 aliphatic heterocycles. The van der Waals surface area contributed by atoms with E-state index in [1.807, 2.05) is 19.1 Å². The second kappa shape index (κ2) is 6.98. The molecular weight excluding hydrogens is 352 g/mol. The minimum atomic E-state index is -0.0237. The molecule has 0 spiro atoms. The second-order valence-electron chi connectivity index (χ2n) is 3.47. The summed E-state index contributed by atoms with van der Waals surface area (Å²) in [6.45, 7) is 3.36. The molecule has 3 N–H and O–H groups in total. The zero-order valence-corrected chi connectivity index (χ0v) is 12.6. The lowest BCUT2D eigenvalue weighted by Gasteiger charge is -2.07. The van der Waals surface area contributed by atoms with Crippen LogP contribution in [0.5, 0.6) is 5.75 Å². The van der Waals surface area contributed by atoms with Crippen molar-refractivity contribution in [1.82, 2.24) is 10.6 Å². The Morgan fingerprint density at radius 1 is 1.35 bits per heavy atom. The van der Waals surface area contributed by atoms with Crippen molar-refractivity contribution in [1.29, 1.82) is 0 Å². The quantitative estimate of drug-likeness (QED) is 0.749. The molecule has 94 valence electrons.